The van der Waals surface area contributed by atoms with Crippen LogP contribution < -0.4 is 0 Å². The summed E-state index contributed by atoms with van der Waals surface area (Å²) in [5.74, 6) is 0.163. The van der Waals surface area contributed by atoms with Gasteiger partial charge in [0.15, 0.2) is 5.82 Å². The lowest BCUT2D eigenvalue weighted by Gasteiger charge is -2.31. The van der Waals surface area contributed by atoms with Gasteiger partial charge in [0, 0.05) is 18.9 Å². The summed E-state index contributed by atoms with van der Waals surface area (Å²) in [7, 11) is 1.33. The summed E-state index contributed by atoms with van der Waals surface area (Å²) >= 11 is 0. The highest BCUT2D eigenvalue weighted by Crippen LogP contribution is 2.28. The minimum atomic E-state index is -0.841. The van der Waals surface area contributed by atoms with Gasteiger partial charge in [0.1, 0.15) is 6.04 Å². The molecule has 3 rings (SSSR count). The van der Waals surface area contributed by atoms with E-state index in [-0.39, 0.29) is 17.5 Å². The Morgan fingerprint density at radius 3 is 2.37 bits per heavy atom. The molecule has 1 aromatic heterocycles. The molecule has 6 heteroatoms. The van der Waals surface area contributed by atoms with Gasteiger partial charge in [-0.3, -0.25) is 14.3 Å². The van der Waals surface area contributed by atoms with Crippen LogP contribution in [0.3, 0.4) is 0 Å². The molecule has 1 amide bonds. The molecule has 0 bridgehead atoms. The second-order valence-corrected chi connectivity index (χ2v) is 7.60. The third-order valence-corrected chi connectivity index (χ3v) is 4.88. The van der Waals surface area contributed by atoms with Gasteiger partial charge >= 0.3 is 6.09 Å². The molecule has 3 aromatic rings. The number of methoxy groups -OCH3 is 1. The Bertz CT molecular complexity index is 1010. The molecule has 0 N–H and O–H groups in total. The van der Waals surface area contributed by atoms with Crippen LogP contribution in [-0.2, 0) is 4.74 Å². The van der Waals surface area contributed by atoms with Gasteiger partial charge in [0.25, 0.3) is 0 Å². The number of ether oxygens (including phenoxy) is 1. The van der Waals surface area contributed by atoms with Crippen LogP contribution in [0.5, 0.6) is 0 Å². The first kappa shape index (κ1) is 21.3. The number of hydrogen-bond donors (Lipinski definition) is 0. The van der Waals surface area contributed by atoms with E-state index >= 15 is 0 Å². The first-order chi connectivity index (χ1) is 14.4. The molecular formula is C24H27N3O3. The Morgan fingerprint density at radius 1 is 1.07 bits per heavy atom. The normalized spacial score (nSPS) is 11.9. The molecule has 6 nitrogen and oxygen atoms in total. The maximum Gasteiger partial charge on any atom is 0.410 e. The second kappa shape index (κ2) is 9.39. The van der Waals surface area contributed by atoms with Gasteiger partial charge in [-0.25, -0.2) is 9.78 Å². The van der Waals surface area contributed by atoms with Crippen molar-refractivity contribution in [2.24, 2.45) is 5.92 Å². The number of benzene rings is 2. The first-order valence-electron chi connectivity index (χ1n) is 9.97. The van der Waals surface area contributed by atoms with Crippen LogP contribution in [0.25, 0.3) is 5.69 Å². The molecule has 0 saturated heterocycles. The highest BCUT2D eigenvalue weighted by Gasteiger charge is 2.35. The topological polar surface area (TPSA) is 64.4 Å². The highest BCUT2D eigenvalue weighted by molar-refractivity contribution is 6.00. The summed E-state index contributed by atoms with van der Waals surface area (Å²) < 4.78 is 6.80. The third kappa shape index (κ3) is 4.43. The van der Waals surface area contributed by atoms with E-state index in [2.05, 4.69) is 4.98 Å². The second-order valence-electron chi connectivity index (χ2n) is 7.60. The number of carbonyl (C=O) groups is 2. The molecular weight excluding hydrogens is 378 g/mol. The molecule has 0 aliphatic carbocycles. The van der Waals surface area contributed by atoms with Crippen molar-refractivity contribution in [2.75, 3.05) is 13.7 Å². The molecule has 2 aromatic carbocycles. The lowest BCUT2D eigenvalue weighted by molar-refractivity contribution is 0.0705. The lowest BCUT2D eigenvalue weighted by atomic mass is 9.99. The Morgan fingerprint density at radius 2 is 1.73 bits per heavy atom. The van der Waals surface area contributed by atoms with Crippen molar-refractivity contribution < 1.29 is 14.3 Å². The van der Waals surface area contributed by atoms with Crippen LogP contribution >= 0.6 is 0 Å². The van der Waals surface area contributed by atoms with Gasteiger partial charge in [-0.2, -0.15) is 0 Å². The lowest BCUT2D eigenvalue weighted by Crippen LogP contribution is -2.41. The van der Waals surface area contributed by atoms with E-state index < -0.39 is 12.1 Å². The van der Waals surface area contributed by atoms with Gasteiger partial charge in [-0.05, 0) is 30.0 Å². The summed E-state index contributed by atoms with van der Waals surface area (Å²) in [5, 5.41) is 0. The Balaban J connectivity index is 2.12. The summed E-state index contributed by atoms with van der Waals surface area (Å²) in [6.07, 6.45) is 2.83. The number of para-hydroxylation sites is 1. The quantitative estimate of drug-likeness (QED) is 0.528. The van der Waals surface area contributed by atoms with Crippen LogP contribution in [-0.4, -0.2) is 40.0 Å². The number of rotatable bonds is 7. The van der Waals surface area contributed by atoms with Crippen molar-refractivity contribution in [2.45, 2.75) is 26.8 Å². The van der Waals surface area contributed by atoms with Gasteiger partial charge in [0.2, 0.25) is 5.78 Å². The predicted octanol–water partition coefficient (Wildman–Crippen LogP) is 4.83. The number of aromatic nitrogens is 2. The highest BCUT2D eigenvalue weighted by atomic mass is 16.5. The molecule has 0 spiro atoms. The molecule has 1 heterocycles. The SMILES string of the molecule is COC(=O)N(CC(C)C)[C@H](C(=O)c1nccn1-c1ccccc1C)c1ccccc1. The van der Waals surface area contributed by atoms with Gasteiger partial charge in [0.05, 0.1) is 12.8 Å². The summed E-state index contributed by atoms with van der Waals surface area (Å²) in [6.45, 7) is 6.36. The van der Waals surface area contributed by atoms with E-state index in [1.807, 2.05) is 75.4 Å². The van der Waals surface area contributed by atoms with Crippen molar-refractivity contribution >= 4 is 11.9 Å². The number of Topliss-reactive ketones (excluding diaryl/α,β-unsaturated/α-hetero) is 1. The number of nitrogens with zero attached hydrogens (tertiary/aromatic N) is 3. The fourth-order valence-corrected chi connectivity index (χ4v) is 3.54. The zero-order valence-corrected chi connectivity index (χ0v) is 17.8. The number of aryl methyl sites for hydroxylation is 1. The minimum Gasteiger partial charge on any atom is -0.453 e. The monoisotopic (exact) mass is 405 g/mol. The average molecular weight is 405 g/mol. The number of imidazole rings is 1. The summed E-state index contributed by atoms with van der Waals surface area (Å²) in [5.41, 5.74) is 2.61. The van der Waals surface area contributed by atoms with Crippen LogP contribution in [0.15, 0.2) is 67.0 Å². The van der Waals surface area contributed by atoms with E-state index in [0.29, 0.717) is 12.1 Å². The zero-order chi connectivity index (χ0) is 21.7. The van der Waals surface area contributed by atoms with Crippen molar-refractivity contribution in [1.29, 1.82) is 0 Å². The smallest absolute Gasteiger partial charge is 0.410 e. The van der Waals surface area contributed by atoms with E-state index in [9.17, 15) is 9.59 Å². The van der Waals surface area contributed by atoms with Crippen LogP contribution in [0.2, 0.25) is 0 Å². The molecule has 0 aliphatic rings. The summed E-state index contributed by atoms with van der Waals surface area (Å²) in [4.78, 5) is 32.3. The van der Waals surface area contributed by atoms with Crippen molar-refractivity contribution in [1.82, 2.24) is 14.5 Å². The van der Waals surface area contributed by atoms with E-state index in [4.69, 9.17) is 4.74 Å². The van der Waals surface area contributed by atoms with Crippen molar-refractivity contribution in [3.05, 3.63) is 83.9 Å². The molecule has 1 atom stereocenters. The van der Waals surface area contributed by atoms with Gasteiger partial charge < -0.3 is 4.74 Å². The van der Waals surface area contributed by atoms with E-state index in [1.54, 1.807) is 17.0 Å². The Labute approximate surface area is 177 Å². The van der Waals surface area contributed by atoms with Gasteiger partial charge in [-0.15, -0.1) is 0 Å². The predicted molar refractivity (Wildman–Crippen MR) is 116 cm³/mol. The molecule has 0 radical (unpaired) electrons. The largest absolute Gasteiger partial charge is 0.453 e. The molecule has 30 heavy (non-hydrogen) atoms. The number of carbonyl (C=O) groups excluding carboxylic acids is 2. The maximum absolute atomic E-state index is 13.8. The zero-order valence-electron chi connectivity index (χ0n) is 17.8. The van der Waals surface area contributed by atoms with Gasteiger partial charge in [-0.1, -0.05) is 62.4 Å². The third-order valence-electron chi connectivity index (χ3n) is 4.88. The van der Waals surface area contributed by atoms with Crippen LogP contribution in [0.1, 0.15) is 41.6 Å². The minimum absolute atomic E-state index is 0.152. The Hall–Kier alpha value is -3.41. The fourth-order valence-electron chi connectivity index (χ4n) is 3.54. The molecule has 156 valence electrons. The number of amides is 1. The van der Waals surface area contributed by atoms with E-state index in [0.717, 1.165) is 11.3 Å². The number of hydrogen-bond acceptors (Lipinski definition) is 4. The van der Waals surface area contributed by atoms with Crippen molar-refractivity contribution in [3.8, 4) is 5.69 Å². The Kier molecular flexibility index (Phi) is 6.67. The van der Waals surface area contributed by atoms with E-state index in [1.165, 1.54) is 12.0 Å². The summed E-state index contributed by atoms with van der Waals surface area (Å²) in [6, 6.07) is 16.2. The molecule has 0 unspecified atom stereocenters. The molecule has 0 aliphatic heterocycles. The van der Waals surface area contributed by atoms with Crippen LogP contribution in [0, 0.1) is 12.8 Å². The van der Waals surface area contributed by atoms with Crippen molar-refractivity contribution in [3.63, 3.8) is 0 Å². The average Bonchev–Trinajstić information content (AvgIpc) is 3.23. The first-order valence-corrected chi connectivity index (χ1v) is 9.97. The number of ketones is 1. The molecule has 0 fully saturated rings. The maximum atomic E-state index is 13.8. The fraction of sp³-hybridized carbons (Fsp3) is 0.292. The standard InChI is InChI=1S/C24H27N3O3/c1-17(2)16-27(24(29)30-4)21(19-11-6-5-7-12-19)22(28)23-25-14-15-26(23)20-13-9-8-10-18(20)3/h5-15,17,21H,16H2,1-4H3/t21-/m0/s1. The molecule has 0 saturated carbocycles. The van der Waals surface area contributed by atoms with Crippen LogP contribution in [0.4, 0.5) is 4.79 Å².